The van der Waals surface area contributed by atoms with E-state index < -0.39 is 10.0 Å². The van der Waals surface area contributed by atoms with E-state index in [-0.39, 0.29) is 10.9 Å². The van der Waals surface area contributed by atoms with Crippen molar-refractivity contribution < 1.29 is 8.42 Å². The molecule has 1 atom stereocenters. The molecule has 21 heavy (non-hydrogen) atoms. The number of hydrogen-bond donors (Lipinski definition) is 2. The summed E-state index contributed by atoms with van der Waals surface area (Å²) >= 11 is 6.20. The third kappa shape index (κ3) is 4.33. The van der Waals surface area contributed by atoms with E-state index in [0.29, 0.717) is 10.3 Å². The summed E-state index contributed by atoms with van der Waals surface area (Å²) in [7, 11) is -3.57. The van der Waals surface area contributed by atoms with Crippen LogP contribution in [0.2, 0.25) is 0 Å². The Hall–Kier alpha value is -0.320. The molecule has 1 unspecified atom stereocenters. The first-order valence-corrected chi connectivity index (χ1v) is 10.3. The van der Waals surface area contributed by atoms with Crippen molar-refractivity contribution in [3.05, 3.63) is 31.3 Å². The molecular weight excluding hydrogens is 394 g/mol. The zero-order chi connectivity index (χ0) is 15.5. The van der Waals surface area contributed by atoms with Gasteiger partial charge in [-0.2, -0.15) is 0 Å². The zero-order valence-corrected chi connectivity index (χ0v) is 15.6. The van der Waals surface area contributed by atoms with Crippen LogP contribution in [0.1, 0.15) is 29.8 Å². The van der Waals surface area contributed by atoms with Crippen molar-refractivity contribution in [1.29, 1.82) is 0 Å². The van der Waals surface area contributed by atoms with E-state index in [1.807, 2.05) is 12.3 Å². The molecule has 0 saturated carbocycles. The molecule has 116 valence electrons. The predicted octanol–water partition coefficient (Wildman–Crippen LogP) is 3.12. The van der Waals surface area contributed by atoms with E-state index in [9.17, 15) is 8.42 Å². The highest BCUT2D eigenvalue weighted by Crippen LogP contribution is 2.32. The van der Waals surface area contributed by atoms with Gasteiger partial charge in [0, 0.05) is 23.0 Å². The SMILES string of the molecule is CCNCc1cc(S(=O)(=O)NC(C)c2nccs2)c(Br)s1. The molecule has 2 rings (SSSR count). The van der Waals surface area contributed by atoms with Crippen molar-refractivity contribution in [1.82, 2.24) is 15.0 Å². The minimum absolute atomic E-state index is 0.281. The molecule has 0 saturated heterocycles. The highest BCUT2D eigenvalue weighted by molar-refractivity contribution is 9.11. The van der Waals surface area contributed by atoms with Crippen molar-refractivity contribution >= 4 is 48.6 Å². The predicted molar refractivity (Wildman–Crippen MR) is 90.3 cm³/mol. The van der Waals surface area contributed by atoms with Crippen LogP contribution in [-0.2, 0) is 16.6 Å². The fourth-order valence-electron chi connectivity index (χ4n) is 1.71. The van der Waals surface area contributed by atoms with E-state index in [1.54, 1.807) is 19.2 Å². The van der Waals surface area contributed by atoms with Gasteiger partial charge in [0.2, 0.25) is 10.0 Å². The smallest absolute Gasteiger partial charge is 0.243 e. The third-order valence-electron chi connectivity index (χ3n) is 2.70. The normalized spacial score (nSPS) is 13.5. The van der Waals surface area contributed by atoms with Gasteiger partial charge in [-0.3, -0.25) is 0 Å². The lowest BCUT2D eigenvalue weighted by atomic mass is 10.4. The molecular formula is C12H16BrN3O2S3. The van der Waals surface area contributed by atoms with E-state index in [1.165, 1.54) is 22.7 Å². The van der Waals surface area contributed by atoms with Crippen LogP contribution in [0.4, 0.5) is 0 Å². The Morgan fingerprint density at radius 1 is 1.48 bits per heavy atom. The summed E-state index contributed by atoms with van der Waals surface area (Å²) in [6.45, 7) is 5.31. The molecule has 0 aliphatic heterocycles. The van der Waals surface area contributed by atoms with Crippen molar-refractivity contribution in [2.45, 2.75) is 31.3 Å². The molecule has 0 amide bonds. The number of nitrogens with one attached hydrogen (secondary N) is 2. The molecule has 0 spiro atoms. The van der Waals surface area contributed by atoms with Crippen LogP contribution >= 0.6 is 38.6 Å². The van der Waals surface area contributed by atoms with Gasteiger partial charge in [0.15, 0.2) is 0 Å². The van der Waals surface area contributed by atoms with Crippen molar-refractivity contribution in [3.63, 3.8) is 0 Å². The Morgan fingerprint density at radius 2 is 2.24 bits per heavy atom. The lowest BCUT2D eigenvalue weighted by Crippen LogP contribution is -2.26. The molecule has 0 aliphatic rings. The summed E-state index contributed by atoms with van der Waals surface area (Å²) in [6.07, 6.45) is 1.67. The number of halogens is 1. The van der Waals surface area contributed by atoms with Gasteiger partial charge in [-0.15, -0.1) is 22.7 Å². The first kappa shape index (κ1) is 17.0. The maximum atomic E-state index is 12.5. The number of hydrogen-bond acceptors (Lipinski definition) is 6. The molecule has 0 aliphatic carbocycles. The fraction of sp³-hybridized carbons (Fsp3) is 0.417. The highest BCUT2D eigenvalue weighted by Gasteiger charge is 2.24. The Labute approximate surface area is 141 Å². The molecule has 2 aromatic heterocycles. The number of thiophene rings is 1. The molecule has 2 aromatic rings. The highest BCUT2D eigenvalue weighted by atomic mass is 79.9. The largest absolute Gasteiger partial charge is 0.312 e. The maximum absolute atomic E-state index is 12.5. The molecule has 5 nitrogen and oxygen atoms in total. The van der Waals surface area contributed by atoms with Gasteiger partial charge in [0.05, 0.1) is 9.83 Å². The quantitative estimate of drug-likeness (QED) is 0.736. The molecule has 9 heteroatoms. The average Bonchev–Trinajstić information content (AvgIpc) is 3.05. The maximum Gasteiger partial charge on any atom is 0.243 e. The van der Waals surface area contributed by atoms with Gasteiger partial charge in [0.1, 0.15) is 9.90 Å². The first-order chi connectivity index (χ1) is 9.94. The summed E-state index contributed by atoms with van der Waals surface area (Å²) in [5.41, 5.74) is 0. The van der Waals surface area contributed by atoms with Gasteiger partial charge < -0.3 is 5.32 Å². The second kappa shape index (κ2) is 7.30. The van der Waals surface area contributed by atoms with E-state index >= 15 is 0 Å². The number of aromatic nitrogens is 1. The van der Waals surface area contributed by atoms with Crippen LogP contribution in [0, 0.1) is 0 Å². The van der Waals surface area contributed by atoms with Crippen LogP contribution in [0.25, 0.3) is 0 Å². The Morgan fingerprint density at radius 3 is 2.86 bits per heavy atom. The van der Waals surface area contributed by atoms with E-state index in [2.05, 4.69) is 31.0 Å². The Kier molecular flexibility index (Phi) is 5.92. The molecule has 0 fully saturated rings. The molecule has 2 N–H and O–H groups in total. The summed E-state index contributed by atoms with van der Waals surface area (Å²) in [5.74, 6) is 0. The van der Waals surface area contributed by atoms with Gasteiger partial charge in [0.25, 0.3) is 0 Å². The standard InChI is InChI=1S/C12H16BrN3O2S3/c1-3-14-7-9-6-10(11(13)20-9)21(17,18)16-8(2)12-15-4-5-19-12/h4-6,8,14,16H,3,7H2,1-2H3. The van der Waals surface area contributed by atoms with Gasteiger partial charge >= 0.3 is 0 Å². The minimum Gasteiger partial charge on any atom is -0.312 e. The van der Waals surface area contributed by atoms with Crippen LogP contribution in [-0.4, -0.2) is 19.9 Å². The summed E-state index contributed by atoms with van der Waals surface area (Å²) in [4.78, 5) is 5.39. The first-order valence-electron chi connectivity index (χ1n) is 6.34. The summed E-state index contributed by atoms with van der Waals surface area (Å²) in [5, 5.41) is 5.76. The van der Waals surface area contributed by atoms with Gasteiger partial charge in [-0.25, -0.2) is 18.1 Å². The van der Waals surface area contributed by atoms with Gasteiger partial charge in [-0.1, -0.05) is 6.92 Å². The van der Waals surface area contributed by atoms with E-state index in [4.69, 9.17) is 0 Å². The Bertz CT molecular complexity index is 683. The average molecular weight is 410 g/mol. The van der Waals surface area contributed by atoms with Crippen LogP contribution in [0.5, 0.6) is 0 Å². The number of nitrogens with zero attached hydrogens (tertiary/aromatic N) is 1. The minimum atomic E-state index is -3.57. The fourth-order valence-corrected chi connectivity index (χ4v) is 6.29. The third-order valence-corrected chi connectivity index (χ3v) is 7.45. The number of sulfonamides is 1. The molecule has 0 aromatic carbocycles. The van der Waals surface area contributed by atoms with Crippen molar-refractivity contribution in [2.24, 2.45) is 0 Å². The number of rotatable bonds is 7. The van der Waals surface area contributed by atoms with Crippen LogP contribution < -0.4 is 10.0 Å². The van der Waals surface area contributed by atoms with Crippen LogP contribution in [0.3, 0.4) is 0 Å². The van der Waals surface area contributed by atoms with Crippen molar-refractivity contribution in [3.8, 4) is 0 Å². The molecule has 0 bridgehead atoms. The lowest BCUT2D eigenvalue weighted by Gasteiger charge is -2.11. The summed E-state index contributed by atoms with van der Waals surface area (Å²) in [6, 6.07) is 1.35. The number of thiazole rings is 1. The Balaban J connectivity index is 2.17. The summed E-state index contributed by atoms with van der Waals surface area (Å²) < 4.78 is 28.2. The monoisotopic (exact) mass is 409 g/mol. The topological polar surface area (TPSA) is 71.1 Å². The second-order valence-corrected chi connectivity index (χ2v) is 9.41. The second-order valence-electron chi connectivity index (χ2n) is 4.34. The molecule has 2 heterocycles. The van der Waals surface area contributed by atoms with Crippen molar-refractivity contribution in [2.75, 3.05) is 6.54 Å². The molecule has 0 radical (unpaired) electrons. The van der Waals surface area contributed by atoms with Gasteiger partial charge in [-0.05, 0) is 35.5 Å². The van der Waals surface area contributed by atoms with Crippen LogP contribution in [0.15, 0.2) is 26.3 Å². The zero-order valence-electron chi connectivity index (χ0n) is 11.6. The lowest BCUT2D eigenvalue weighted by molar-refractivity contribution is 0.566. The van der Waals surface area contributed by atoms with E-state index in [0.717, 1.165) is 16.4 Å².